The van der Waals surface area contributed by atoms with Crippen molar-refractivity contribution >= 4 is 11.7 Å². The first-order valence-corrected chi connectivity index (χ1v) is 7.50. The number of hydrogen-bond donors (Lipinski definition) is 2. The summed E-state index contributed by atoms with van der Waals surface area (Å²) in [5, 5.41) is 3.12. The van der Waals surface area contributed by atoms with Crippen LogP contribution >= 0.6 is 0 Å². The molecule has 1 saturated carbocycles. The monoisotopic (exact) mass is 291 g/mol. The number of amides is 1. The highest BCUT2D eigenvalue weighted by molar-refractivity contribution is 6.02. The van der Waals surface area contributed by atoms with Crippen molar-refractivity contribution in [3.8, 4) is 0 Å². The number of hydrogen-bond acceptors (Lipinski definition) is 3. The van der Waals surface area contributed by atoms with Gasteiger partial charge in [0.05, 0.1) is 0 Å². The fraction of sp³-hybridized carbons (Fsp3) is 0.625. The molecule has 1 aromatic rings. The van der Waals surface area contributed by atoms with Crippen LogP contribution in [-0.4, -0.2) is 47.8 Å². The average molecular weight is 291 g/mol. The van der Waals surface area contributed by atoms with E-state index in [0.29, 0.717) is 17.3 Å². The molecule has 5 nitrogen and oxygen atoms in total. The Kier molecular flexibility index (Phi) is 4.52. The van der Waals surface area contributed by atoms with E-state index in [1.165, 1.54) is 6.92 Å². The summed E-state index contributed by atoms with van der Waals surface area (Å²) >= 11 is 0. The third-order valence-electron chi connectivity index (χ3n) is 4.48. The van der Waals surface area contributed by atoms with Gasteiger partial charge in [-0.15, -0.1) is 0 Å². The molecule has 0 bridgehead atoms. The lowest BCUT2D eigenvalue weighted by molar-refractivity contribution is 0.0914. The topological polar surface area (TPSA) is 65.2 Å². The number of nitrogens with zero attached hydrogens (tertiary/aromatic N) is 1. The summed E-state index contributed by atoms with van der Waals surface area (Å²) in [6.07, 6.45) is 3.25. The Balaban J connectivity index is 2.18. The predicted octanol–water partition coefficient (Wildman–Crippen LogP) is 2.05. The first-order chi connectivity index (χ1) is 9.82. The molecule has 0 unspecified atom stereocenters. The van der Waals surface area contributed by atoms with Crippen LogP contribution in [0.1, 0.15) is 58.3 Å². The van der Waals surface area contributed by atoms with Crippen molar-refractivity contribution in [3.05, 3.63) is 22.5 Å². The molecule has 0 aliphatic heterocycles. The van der Waals surface area contributed by atoms with Gasteiger partial charge in [0.1, 0.15) is 5.69 Å². The summed E-state index contributed by atoms with van der Waals surface area (Å²) in [6.45, 7) is 5.19. The number of Topliss-reactive ketones (excluding diaryl/α,β-unsaturated/α-hetero) is 1. The lowest BCUT2D eigenvalue weighted by Crippen LogP contribution is -2.46. The number of aromatic amines is 1. The quantitative estimate of drug-likeness (QED) is 0.834. The molecule has 21 heavy (non-hydrogen) atoms. The average Bonchev–Trinajstić information content (AvgIpc) is 2.93. The molecule has 1 aliphatic carbocycles. The lowest BCUT2D eigenvalue weighted by atomic mass is 10.1. The molecule has 1 heterocycles. The zero-order valence-corrected chi connectivity index (χ0v) is 13.5. The maximum absolute atomic E-state index is 12.5. The first kappa shape index (κ1) is 15.8. The summed E-state index contributed by atoms with van der Waals surface area (Å²) in [5.41, 5.74) is 2.66. The molecule has 2 N–H and O–H groups in total. The number of aryl methyl sites for hydroxylation is 1. The number of carbonyl (C=O) groups excluding carboxylic acids is 2. The summed E-state index contributed by atoms with van der Waals surface area (Å²) in [7, 11) is 4.10. The third kappa shape index (κ3) is 3.02. The minimum absolute atomic E-state index is 0.00710. The molecule has 2 atom stereocenters. The van der Waals surface area contributed by atoms with Crippen molar-refractivity contribution in [2.24, 2.45) is 0 Å². The van der Waals surface area contributed by atoms with E-state index >= 15 is 0 Å². The van der Waals surface area contributed by atoms with E-state index in [9.17, 15) is 9.59 Å². The minimum Gasteiger partial charge on any atom is -0.354 e. The Morgan fingerprint density at radius 3 is 2.43 bits per heavy atom. The van der Waals surface area contributed by atoms with Crippen LogP contribution in [0.3, 0.4) is 0 Å². The number of carbonyl (C=O) groups is 2. The molecule has 0 radical (unpaired) electrons. The second kappa shape index (κ2) is 6.02. The third-order valence-corrected chi connectivity index (χ3v) is 4.48. The second-order valence-corrected chi connectivity index (χ2v) is 6.22. The van der Waals surface area contributed by atoms with E-state index < -0.39 is 0 Å². The summed E-state index contributed by atoms with van der Waals surface area (Å²) in [4.78, 5) is 29.4. The molecular formula is C16H25N3O2. The van der Waals surface area contributed by atoms with Gasteiger partial charge in [-0.05, 0) is 59.7 Å². The Morgan fingerprint density at radius 1 is 1.24 bits per heavy atom. The molecular weight excluding hydrogens is 266 g/mol. The summed E-state index contributed by atoms with van der Waals surface area (Å²) in [5.74, 6) is -0.116. The van der Waals surface area contributed by atoms with Crippen LogP contribution in [0.2, 0.25) is 0 Å². The predicted molar refractivity (Wildman–Crippen MR) is 82.9 cm³/mol. The van der Waals surface area contributed by atoms with Crippen molar-refractivity contribution in [2.75, 3.05) is 14.1 Å². The van der Waals surface area contributed by atoms with Gasteiger partial charge in [0, 0.05) is 23.3 Å². The number of rotatable bonds is 4. The van der Waals surface area contributed by atoms with E-state index in [2.05, 4.69) is 15.2 Å². The molecule has 116 valence electrons. The van der Waals surface area contributed by atoms with Gasteiger partial charge >= 0.3 is 0 Å². The van der Waals surface area contributed by atoms with E-state index in [4.69, 9.17) is 0 Å². The van der Waals surface area contributed by atoms with Crippen LogP contribution in [-0.2, 0) is 0 Å². The maximum atomic E-state index is 12.5. The number of ketones is 1. The Labute approximate surface area is 126 Å². The Morgan fingerprint density at radius 2 is 1.90 bits per heavy atom. The Hall–Kier alpha value is -1.62. The van der Waals surface area contributed by atoms with E-state index in [1.807, 2.05) is 27.9 Å². The van der Waals surface area contributed by atoms with Gasteiger partial charge in [0.25, 0.3) is 5.91 Å². The summed E-state index contributed by atoms with van der Waals surface area (Å²) in [6, 6.07) is 0.564. The highest BCUT2D eigenvalue weighted by Gasteiger charge is 2.31. The SMILES string of the molecule is CC(=O)c1c(C)[nH]c(C(=O)N[C@@H]2CCC[C@H]2N(C)C)c1C. The van der Waals surface area contributed by atoms with Crippen LogP contribution in [0.5, 0.6) is 0 Å². The smallest absolute Gasteiger partial charge is 0.268 e. The van der Waals surface area contributed by atoms with Crippen LogP contribution < -0.4 is 5.32 Å². The molecule has 0 aromatic carbocycles. The zero-order valence-electron chi connectivity index (χ0n) is 13.5. The molecule has 1 aromatic heterocycles. The maximum Gasteiger partial charge on any atom is 0.268 e. The fourth-order valence-corrected chi connectivity index (χ4v) is 3.47. The molecule has 2 rings (SSSR count). The number of likely N-dealkylation sites (N-methyl/N-ethyl adjacent to an activating group) is 1. The fourth-order valence-electron chi connectivity index (χ4n) is 3.47. The van der Waals surface area contributed by atoms with E-state index in [0.717, 1.165) is 30.5 Å². The van der Waals surface area contributed by atoms with Crippen molar-refractivity contribution in [2.45, 2.75) is 52.1 Å². The van der Waals surface area contributed by atoms with Gasteiger partial charge in [0.15, 0.2) is 5.78 Å². The van der Waals surface area contributed by atoms with Crippen LogP contribution in [0.25, 0.3) is 0 Å². The van der Waals surface area contributed by atoms with Crippen molar-refractivity contribution < 1.29 is 9.59 Å². The van der Waals surface area contributed by atoms with Gasteiger partial charge in [-0.2, -0.15) is 0 Å². The minimum atomic E-state index is -0.109. The van der Waals surface area contributed by atoms with E-state index in [-0.39, 0.29) is 17.7 Å². The number of H-pyrrole nitrogens is 1. The number of aromatic nitrogens is 1. The molecule has 0 spiro atoms. The second-order valence-electron chi connectivity index (χ2n) is 6.22. The van der Waals surface area contributed by atoms with E-state index in [1.54, 1.807) is 0 Å². The molecule has 1 fully saturated rings. The van der Waals surface area contributed by atoms with Crippen LogP contribution in [0.4, 0.5) is 0 Å². The van der Waals surface area contributed by atoms with Crippen LogP contribution in [0, 0.1) is 13.8 Å². The van der Waals surface area contributed by atoms with Crippen molar-refractivity contribution in [3.63, 3.8) is 0 Å². The van der Waals surface area contributed by atoms with Crippen LogP contribution in [0.15, 0.2) is 0 Å². The largest absolute Gasteiger partial charge is 0.354 e. The van der Waals surface area contributed by atoms with Gasteiger partial charge in [-0.3, -0.25) is 9.59 Å². The highest BCUT2D eigenvalue weighted by Crippen LogP contribution is 2.24. The van der Waals surface area contributed by atoms with Gasteiger partial charge in [0.2, 0.25) is 0 Å². The normalized spacial score (nSPS) is 21.8. The lowest BCUT2D eigenvalue weighted by Gasteiger charge is -2.26. The Bertz CT molecular complexity index is 560. The highest BCUT2D eigenvalue weighted by atomic mass is 16.2. The molecule has 1 amide bonds. The molecule has 5 heteroatoms. The standard InChI is InChI=1S/C16H25N3O2/c1-9-14(11(3)20)10(2)17-15(9)16(21)18-12-7-6-8-13(12)19(4)5/h12-13,17H,6-8H2,1-5H3,(H,18,21)/t12-,13-/m1/s1. The molecule has 0 saturated heterocycles. The van der Waals surface area contributed by atoms with Gasteiger partial charge in [-0.1, -0.05) is 0 Å². The first-order valence-electron chi connectivity index (χ1n) is 7.50. The number of nitrogens with one attached hydrogen (secondary N) is 2. The van der Waals surface area contributed by atoms with Gasteiger partial charge in [-0.25, -0.2) is 0 Å². The van der Waals surface area contributed by atoms with Crippen molar-refractivity contribution in [1.29, 1.82) is 0 Å². The van der Waals surface area contributed by atoms with Gasteiger partial charge < -0.3 is 15.2 Å². The molecule has 1 aliphatic rings. The van der Waals surface area contributed by atoms with Crippen molar-refractivity contribution in [1.82, 2.24) is 15.2 Å². The zero-order chi connectivity index (χ0) is 15.7. The summed E-state index contributed by atoms with van der Waals surface area (Å²) < 4.78 is 0.